The number of esters is 1. The predicted octanol–water partition coefficient (Wildman–Crippen LogP) is 2.12. The Labute approximate surface area is 172 Å². The fraction of sp³-hybridized carbons (Fsp3) is 0.182. The van der Waals surface area contributed by atoms with E-state index in [-0.39, 0.29) is 13.2 Å². The second-order valence-corrected chi connectivity index (χ2v) is 6.54. The number of nitrogens with one attached hydrogen (secondary N) is 1. The van der Waals surface area contributed by atoms with Crippen molar-refractivity contribution in [1.82, 2.24) is 9.13 Å². The lowest BCUT2D eigenvalue weighted by molar-refractivity contribution is -0.116. The number of para-hydroxylation sites is 1. The molecule has 3 aromatic rings. The Morgan fingerprint density at radius 3 is 2.33 bits per heavy atom. The number of hydrogen-bond donors (Lipinski definition) is 1. The Balaban J connectivity index is 1.74. The summed E-state index contributed by atoms with van der Waals surface area (Å²) in [7, 11) is 0. The van der Waals surface area contributed by atoms with E-state index in [0.717, 1.165) is 10.1 Å². The number of benzene rings is 2. The van der Waals surface area contributed by atoms with Crippen LogP contribution in [0.5, 0.6) is 0 Å². The summed E-state index contributed by atoms with van der Waals surface area (Å²) in [6, 6.07) is 13.4. The number of carbonyl (C=O) groups excluding carboxylic acids is 2. The van der Waals surface area contributed by atoms with Crippen molar-refractivity contribution in [2.24, 2.45) is 0 Å². The van der Waals surface area contributed by atoms with Gasteiger partial charge in [0.15, 0.2) is 0 Å². The van der Waals surface area contributed by atoms with Gasteiger partial charge in [0.2, 0.25) is 5.91 Å². The lowest BCUT2D eigenvalue weighted by atomic mass is 10.2. The van der Waals surface area contributed by atoms with Crippen molar-refractivity contribution in [3.05, 3.63) is 92.8 Å². The number of rotatable bonds is 6. The third-order valence-electron chi connectivity index (χ3n) is 4.43. The smallest absolute Gasteiger partial charge is 0.338 e. The Bertz CT molecular complexity index is 1190. The summed E-state index contributed by atoms with van der Waals surface area (Å²) in [5.41, 5.74) is 0.742. The molecule has 1 amide bonds. The average Bonchev–Trinajstić information content (AvgIpc) is 2.73. The summed E-state index contributed by atoms with van der Waals surface area (Å²) in [5, 5.41) is 2.63. The van der Waals surface area contributed by atoms with E-state index in [1.807, 2.05) is 19.1 Å². The zero-order valence-electron chi connectivity index (χ0n) is 16.6. The second-order valence-electron chi connectivity index (χ2n) is 6.54. The summed E-state index contributed by atoms with van der Waals surface area (Å²) in [5.74, 6) is -0.926. The number of amides is 1. The van der Waals surface area contributed by atoms with Crippen molar-refractivity contribution in [1.29, 1.82) is 0 Å². The Morgan fingerprint density at radius 2 is 1.67 bits per heavy atom. The number of nitrogens with zero attached hydrogens (tertiary/aromatic N) is 2. The fourth-order valence-electron chi connectivity index (χ4n) is 2.92. The molecule has 0 atom stereocenters. The van der Waals surface area contributed by atoms with Crippen LogP contribution in [0.1, 0.15) is 22.8 Å². The van der Waals surface area contributed by atoms with E-state index in [1.54, 1.807) is 31.2 Å². The van der Waals surface area contributed by atoms with E-state index in [0.29, 0.717) is 16.9 Å². The van der Waals surface area contributed by atoms with E-state index in [1.165, 1.54) is 29.1 Å². The third-order valence-corrected chi connectivity index (χ3v) is 4.43. The highest BCUT2D eigenvalue weighted by molar-refractivity contribution is 5.93. The molecule has 1 aromatic heterocycles. The molecule has 0 aliphatic heterocycles. The van der Waals surface area contributed by atoms with Crippen LogP contribution in [-0.2, 0) is 16.1 Å². The first kappa shape index (κ1) is 20.8. The van der Waals surface area contributed by atoms with Gasteiger partial charge in [-0.05, 0) is 49.7 Å². The van der Waals surface area contributed by atoms with E-state index >= 15 is 0 Å². The van der Waals surface area contributed by atoms with Gasteiger partial charge < -0.3 is 10.1 Å². The molecule has 8 nitrogen and oxygen atoms in total. The Kier molecular flexibility index (Phi) is 6.26. The molecule has 0 saturated heterocycles. The number of aromatic nitrogens is 2. The molecular weight excluding hydrogens is 386 g/mol. The first-order chi connectivity index (χ1) is 14.4. The van der Waals surface area contributed by atoms with E-state index in [4.69, 9.17) is 4.74 Å². The minimum Gasteiger partial charge on any atom is -0.462 e. The zero-order valence-corrected chi connectivity index (χ0v) is 16.6. The number of aryl methyl sites for hydroxylation is 1. The van der Waals surface area contributed by atoms with Gasteiger partial charge in [-0.25, -0.2) is 4.79 Å². The van der Waals surface area contributed by atoms with Crippen molar-refractivity contribution < 1.29 is 14.3 Å². The maximum absolute atomic E-state index is 12.5. The molecule has 0 saturated carbocycles. The molecule has 0 bridgehead atoms. The van der Waals surface area contributed by atoms with E-state index < -0.39 is 23.0 Å². The van der Waals surface area contributed by atoms with Gasteiger partial charge in [0.25, 0.3) is 0 Å². The van der Waals surface area contributed by atoms with Gasteiger partial charge in [-0.3, -0.25) is 23.5 Å². The van der Waals surface area contributed by atoms with Gasteiger partial charge in [-0.15, -0.1) is 0 Å². The molecule has 1 heterocycles. The summed E-state index contributed by atoms with van der Waals surface area (Å²) in [4.78, 5) is 48.9. The maximum atomic E-state index is 12.5. The monoisotopic (exact) mass is 407 g/mol. The van der Waals surface area contributed by atoms with Crippen LogP contribution in [0.15, 0.2) is 70.5 Å². The molecule has 0 fully saturated rings. The molecular formula is C22H21N3O5. The lowest BCUT2D eigenvalue weighted by Gasteiger charge is -2.11. The van der Waals surface area contributed by atoms with Gasteiger partial charge >= 0.3 is 17.1 Å². The molecule has 30 heavy (non-hydrogen) atoms. The lowest BCUT2D eigenvalue weighted by Crippen LogP contribution is -2.41. The predicted molar refractivity (Wildman–Crippen MR) is 112 cm³/mol. The van der Waals surface area contributed by atoms with Crippen LogP contribution in [0, 0.1) is 6.92 Å². The molecule has 2 aromatic carbocycles. The van der Waals surface area contributed by atoms with Gasteiger partial charge in [0.05, 0.1) is 17.9 Å². The average molecular weight is 407 g/mol. The number of anilines is 1. The van der Waals surface area contributed by atoms with E-state index in [9.17, 15) is 19.2 Å². The van der Waals surface area contributed by atoms with Crippen LogP contribution in [-0.4, -0.2) is 27.6 Å². The number of hydrogen-bond acceptors (Lipinski definition) is 5. The Morgan fingerprint density at radius 1 is 0.967 bits per heavy atom. The topological polar surface area (TPSA) is 99.4 Å². The molecule has 0 radical (unpaired) electrons. The molecule has 1 N–H and O–H groups in total. The minimum absolute atomic E-state index is 0.273. The van der Waals surface area contributed by atoms with Crippen molar-refractivity contribution in [2.75, 3.05) is 11.9 Å². The summed E-state index contributed by atoms with van der Waals surface area (Å²) in [6.07, 6.45) is 2.87. The second kappa shape index (κ2) is 9.04. The van der Waals surface area contributed by atoms with Gasteiger partial charge in [0, 0.05) is 18.1 Å². The molecule has 8 heteroatoms. The van der Waals surface area contributed by atoms with Crippen molar-refractivity contribution in [3.63, 3.8) is 0 Å². The molecule has 3 rings (SSSR count). The van der Waals surface area contributed by atoms with Crippen LogP contribution >= 0.6 is 0 Å². The quantitative estimate of drug-likeness (QED) is 0.498. The third kappa shape index (κ3) is 4.54. The molecule has 0 spiro atoms. The maximum Gasteiger partial charge on any atom is 0.338 e. The van der Waals surface area contributed by atoms with Crippen LogP contribution < -0.4 is 16.4 Å². The highest BCUT2D eigenvalue weighted by Gasteiger charge is 2.12. The standard InChI is InChI=1S/C22H21N3O5/c1-3-30-22(29)16-8-10-17(11-9-16)23-19(26)14-24-12-13-25(21(28)20(24)27)18-7-5-4-6-15(18)2/h4-13H,3,14H2,1-2H3,(H,23,26). The van der Waals surface area contributed by atoms with Crippen LogP contribution in [0.3, 0.4) is 0 Å². The van der Waals surface area contributed by atoms with Gasteiger partial charge in [-0.1, -0.05) is 18.2 Å². The summed E-state index contributed by atoms with van der Waals surface area (Å²) in [6.45, 7) is 3.51. The van der Waals surface area contributed by atoms with E-state index in [2.05, 4.69) is 5.32 Å². The van der Waals surface area contributed by atoms with Crippen LogP contribution in [0.4, 0.5) is 5.69 Å². The normalized spacial score (nSPS) is 10.5. The molecule has 0 aliphatic rings. The Hall–Kier alpha value is -3.94. The zero-order chi connectivity index (χ0) is 21.7. The molecule has 0 unspecified atom stereocenters. The van der Waals surface area contributed by atoms with Crippen molar-refractivity contribution >= 4 is 17.6 Å². The van der Waals surface area contributed by atoms with Crippen LogP contribution in [0.25, 0.3) is 5.69 Å². The molecule has 0 aliphatic carbocycles. The van der Waals surface area contributed by atoms with Gasteiger partial charge in [-0.2, -0.15) is 0 Å². The van der Waals surface area contributed by atoms with Crippen molar-refractivity contribution in [2.45, 2.75) is 20.4 Å². The fourth-order valence-corrected chi connectivity index (χ4v) is 2.92. The first-order valence-corrected chi connectivity index (χ1v) is 9.36. The molecule has 154 valence electrons. The highest BCUT2D eigenvalue weighted by Crippen LogP contribution is 2.11. The largest absolute Gasteiger partial charge is 0.462 e. The van der Waals surface area contributed by atoms with Gasteiger partial charge in [0.1, 0.15) is 6.54 Å². The summed E-state index contributed by atoms with van der Waals surface area (Å²) >= 11 is 0. The highest BCUT2D eigenvalue weighted by atomic mass is 16.5. The number of ether oxygens (including phenoxy) is 1. The van der Waals surface area contributed by atoms with Crippen LogP contribution in [0.2, 0.25) is 0 Å². The first-order valence-electron chi connectivity index (χ1n) is 9.36. The minimum atomic E-state index is -0.798. The summed E-state index contributed by atoms with van der Waals surface area (Å²) < 4.78 is 7.22. The number of carbonyl (C=O) groups is 2. The van der Waals surface area contributed by atoms with Crippen molar-refractivity contribution in [3.8, 4) is 5.69 Å². The SMILES string of the molecule is CCOC(=O)c1ccc(NC(=O)Cn2ccn(-c3ccccc3C)c(=O)c2=O)cc1.